The average molecular weight is 449 g/mol. The molecule has 176 valence electrons. The number of hydrogen-bond acceptors (Lipinski definition) is 6. The van der Waals surface area contributed by atoms with Crippen molar-refractivity contribution in [2.75, 3.05) is 38.1 Å². The van der Waals surface area contributed by atoms with Crippen molar-refractivity contribution in [1.82, 2.24) is 15.2 Å². The lowest BCUT2D eigenvalue weighted by Crippen LogP contribution is -2.35. The van der Waals surface area contributed by atoms with E-state index in [2.05, 4.69) is 39.8 Å². The van der Waals surface area contributed by atoms with Crippen LogP contribution >= 0.6 is 0 Å². The van der Waals surface area contributed by atoms with Gasteiger partial charge in [0.25, 0.3) is 0 Å². The minimum absolute atomic E-state index is 0.0259. The second kappa shape index (κ2) is 10.2. The molecule has 33 heavy (non-hydrogen) atoms. The fourth-order valence-electron chi connectivity index (χ4n) is 5.61. The van der Waals surface area contributed by atoms with Crippen LogP contribution in [0.3, 0.4) is 0 Å². The number of nitrogens with zero attached hydrogens (tertiary/aromatic N) is 2. The third kappa shape index (κ3) is 5.39. The van der Waals surface area contributed by atoms with E-state index < -0.39 is 0 Å². The van der Waals surface area contributed by atoms with Crippen molar-refractivity contribution >= 4 is 11.8 Å². The highest BCUT2D eigenvalue weighted by atomic mass is 16.5. The molecule has 2 fully saturated rings. The minimum atomic E-state index is -0.128. The van der Waals surface area contributed by atoms with Crippen LogP contribution in [0.15, 0.2) is 42.5 Å². The van der Waals surface area contributed by atoms with Crippen molar-refractivity contribution in [2.24, 2.45) is 11.8 Å². The molecule has 6 heteroatoms. The number of esters is 1. The number of benzene rings is 1. The zero-order valence-corrected chi connectivity index (χ0v) is 19.6. The Hall–Kier alpha value is -2.44. The first kappa shape index (κ1) is 22.4. The molecule has 1 saturated carbocycles. The summed E-state index contributed by atoms with van der Waals surface area (Å²) < 4.78 is 5.22. The predicted octanol–water partition coefficient (Wildman–Crippen LogP) is 3.59. The fourth-order valence-corrected chi connectivity index (χ4v) is 5.61. The quantitative estimate of drug-likeness (QED) is 0.542. The Morgan fingerprint density at radius 2 is 2.03 bits per heavy atom. The van der Waals surface area contributed by atoms with E-state index in [1.54, 1.807) is 0 Å². The number of rotatable bonds is 10. The Balaban J connectivity index is 1.08. The second-order valence-corrected chi connectivity index (χ2v) is 9.70. The van der Waals surface area contributed by atoms with Crippen molar-refractivity contribution in [3.63, 3.8) is 0 Å². The van der Waals surface area contributed by atoms with Gasteiger partial charge in [0.05, 0.1) is 13.0 Å². The lowest BCUT2D eigenvalue weighted by atomic mass is 10.0. The maximum Gasteiger partial charge on any atom is 0.307 e. The molecule has 2 unspecified atom stereocenters. The minimum Gasteiger partial charge on any atom is -0.466 e. The molecule has 1 aliphatic carbocycles. The van der Waals surface area contributed by atoms with E-state index in [1.807, 2.05) is 25.1 Å². The van der Waals surface area contributed by atoms with E-state index in [0.29, 0.717) is 30.9 Å². The van der Waals surface area contributed by atoms with Crippen LogP contribution < -0.4 is 10.6 Å². The maximum atomic E-state index is 12.2. The molecule has 2 aromatic rings. The van der Waals surface area contributed by atoms with E-state index in [9.17, 15) is 4.79 Å². The first-order valence-corrected chi connectivity index (χ1v) is 12.6. The van der Waals surface area contributed by atoms with Gasteiger partial charge in [-0.1, -0.05) is 36.4 Å². The average Bonchev–Trinajstić information content (AvgIpc) is 3.27. The Morgan fingerprint density at radius 1 is 1.21 bits per heavy atom. The Labute approximate surface area is 197 Å². The van der Waals surface area contributed by atoms with Crippen LogP contribution in [0.2, 0.25) is 0 Å². The smallest absolute Gasteiger partial charge is 0.307 e. The van der Waals surface area contributed by atoms with Crippen molar-refractivity contribution in [1.29, 1.82) is 0 Å². The molecule has 1 aromatic heterocycles. The number of nitrogens with one attached hydrogen (secondary N) is 2. The second-order valence-electron chi connectivity index (χ2n) is 9.70. The predicted molar refractivity (Wildman–Crippen MR) is 130 cm³/mol. The van der Waals surface area contributed by atoms with Gasteiger partial charge in [-0.25, -0.2) is 4.98 Å². The molecule has 3 aliphatic rings. The number of piperidine rings is 1. The van der Waals surface area contributed by atoms with Crippen molar-refractivity contribution in [3.05, 3.63) is 59.3 Å². The molecule has 0 amide bonds. The van der Waals surface area contributed by atoms with Gasteiger partial charge in [0, 0.05) is 37.4 Å². The van der Waals surface area contributed by atoms with Crippen molar-refractivity contribution in [2.45, 2.75) is 51.1 Å². The highest BCUT2D eigenvalue weighted by Crippen LogP contribution is 2.46. The highest BCUT2D eigenvalue weighted by Gasteiger charge is 2.55. The molecule has 0 spiro atoms. The summed E-state index contributed by atoms with van der Waals surface area (Å²) in [5.74, 6) is 2.37. The van der Waals surface area contributed by atoms with Gasteiger partial charge in [0.1, 0.15) is 5.82 Å². The number of pyridine rings is 1. The first-order valence-electron chi connectivity index (χ1n) is 12.6. The van der Waals surface area contributed by atoms with Crippen LogP contribution in [0.1, 0.15) is 49.0 Å². The molecule has 0 bridgehead atoms. The molecule has 3 heterocycles. The van der Waals surface area contributed by atoms with Gasteiger partial charge in [0.15, 0.2) is 0 Å². The molecule has 1 saturated heterocycles. The zero-order valence-electron chi connectivity index (χ0n) is 19.6. The summed E-state index contributed by atoms with van der Waals surface area (Å²) in [4.78, 5) is 19.6. The normalized spacial score (nSPS) is 24.5. The van der Waals surface area contributed by atoms with E-state index in [0.717, 1.165) is 51.3 Å². The Bertz CT molecular complexity index is 938. The summed E-state index contributed by atoms with van der Waals surface area (Å²) in [5, 5.41) is 7.23. The Kier molecular flexibility index (Phi) is 6.93. The number of aromatic nitrogens is 1. The molecule has 5 rings (SSSR count). The number of anilines is 1. The summed E-state index contributed by atoms with van der Waals surface area (Å²) in [6, 6.07) is 15.3. The summed E-state index contributed by atoms with van der Waals surface area (Å²) in [6.45, 7) is 6.78. The molecule has 6 nitrogen and oxygen atoms in total. The monoisotopic (exact) mass is 448 g/mol. The largest absolute Gasteiger partial charge is 0.466 e. The van der Waals surface area contributed by atoms with Gasteiger partial charge in [-0.3, -0.25) is 4.79 Å². The maximum absolute atomic E-state index is 12.2. The molecule has 1 aromatic carbocycles. The van der Waals surface area contributed by atoms with Crippen LogP contribution in [0, 0.1) is 11.8 Å². The molecular weight excluding hydrogens is 412 g/mol. The molecule has 2 aliphatic heterocycles. The highest BCUT2D eigenvalue weighted by molar-refractivity contribution is 5.70. The van der Waals surface area contributed by atoms with E-state index in [4.69, 9.17) is 9.72 Å². The van der Waals surface area contributed by atoms with E-state index >= 15 is 0 Å². The number of likely N-dealkylation sites (tertiary alicyclic amines) is 1. The van der Waals surface area contributed by atoms with Crippen LogP contribution in [0.25, 0.3) is 0 Å². The molecule has 0 radical (unpaired) electrons. The van der Waals surface area contributed by atoms with Crippen LogP contribution in [-0.2, 0) is 22.4 Å². The topological polar surface area (TPSA) is 66.5 Å². The number of carbonyl (C=O) groups excluding carboxylic acids is 1. The molecular formula is C27H36N4O2. The number of aryl methyl sites for hydroxylation is 2. The van der Waals surface area contributed by atoms with Gasteiger partial charge in [-0.2, -0.15) is 0 Å². The molecule has 4 atom stereocenters. The van der Waals surface area contributed by atoms with Crippen molar-refractivity contribution in [3.8, 4) is 0 Å². The fraction of sp³-hybridized carbons (Fsp3) is 0.556. The van der Waals surface area contributed by atoms with Gasteiger partial charge in [0.2, 0.25) is 0 Å². The van der Waals surface area contributed by atoms with Gasteiger partial charge in [-0.15, -0.1) is 0 Å². The summed E-state index contributed by atoms with van der Waals surface area (Å²) >= 11 is 0. The van der Waals surface area contributed by atoms with Crippen LogP contribution in [0.4, 0.5) is 5.82 Å². The van der Waals surface area contributed by atoms with Crippen LogP contribution in [-0.4, -0.2) is 54.7 Å². The summed E-state index contributed by atoms with van der Waals surface area (Å²) in [5.41, 5.74) is 3.73. The standard InChI is InChI=1S/C27H36N4O2/c1-2-33-25(32)16-24(19-8-4-3-5-9-19)30-26-22-17-31(18-23(22)26)15-7-11-21-13-12-20-10-6-14-28-27(20)29-21/h3-5,8-9,12-13,22-24,26,30H,2,6-7,10-11,14-18H2,1H3,(H,28,29)/t22-,23+,24?,26?. The number of carbonyl (C=O) groups is 1. The lowest BCUT2D eigenvalue weighted by Gasteiger charge is -2.23. The summed E-state index contributed by atoms with van der Waals surface area (Å²) in [7, 11) is 0. The Morgan fingerprint density at radius 3 is 2.82 bits per heavy atom. The lowest BCUT2D eigenvalue weighted by molar-refractivity contribution is -0.143. The molecule has 2 N–H and O–H groups in total. The van der Waals surface area contributed by atoms with Crippen LogP contribution in [0.5, 0.6) is 0 Å². The zero-order chi connectivity index (χ0) is 22.6. The number of hydrogen-bond donors (Lipinski definition) is 2. The van der Waals surface area contributed by atoms with Gasteiger partial charge < -0.3 is 20.3 Å². The summed E-state index contributed by atoms with van der Waals surface area (Å²) in [6.07, 6.45) is 4.93. The van der Waals surface area contributed by atoms with E-state index in [1.165, 1.54) is 23.2 Å². The third-order valence-electron chi connectivity index (χ3n) is 7.40. The third-order valence-corrected chi connectivity index (χ3v) is 7.40. The number of ether oxygens (including phenoxy) is 1. The van der Waals surface area contributed by atoms with Gasteiger partial charge in [-0.05, 0) is 68.2 Å². The van der Waals surface area contributed by atoms with Crippen molar-refractivity contribution < 1.29 is 9.53 Å². The van der Waals surface area contributed by atoms with Gasteiger partial charge >= 0.3 is 5.97 Å². The number of fused-ring (bicyclic) bond motifs is 2. The first-order chi connectivity index (χ1) is 16.2. The SMILES string of the molecule is CCOC(=O)CC(NC1[C@H]2CN(CCCc3ccc4c(n3)NCCC4)C[C@@H]12)c1ccccc1. The van der Waals surface area contributed by atoms with E-state index in [-0.39, 0.29) is 12.0 Å².